The molecular weight excluding hydrogens is 206 g/mol. The summed E-state index contributed by atoms with van der Waals surface area (Å²) in [5.74, 6) is 0.272. The van der Waals surface area contributed by atoms with Gasteiger partial charge in [-0.3, -0.25) is 15.1 Å². The van der Waals surface area contributed by atoms with Crippen LogP contribution in [0.2, 0.25) is 5.02 Å². The normalized spacial score (nSPS) is 13.6. The topological polar surface area (TPSA) is 81.5 Å². The standard InChI is InChI=1S/C8H6ClN3O2/c9-5-1-2-6(12(13)14)4-3-11-8(10)7(4)5/h1-2H,3H2,(H2,10,11). The van der Waals surface area contributed by atoms with E-state index in [4.69, 9.17) is 17.3 Å². The number of nitro benzene ring substituents is 1. The van der Waals surface area contributed by atoms with Gasteiger partial charge in [0.2, 0.25) is 0 Å². The van der Waals surface area contributed by atoms with Crippen LogP contribution in [0.1, 0.15) is 11.1 Å². The molecule has 0 aromatic heterocycles. The molecule has 0 saturated carbocycles. The van der Waals surface area contributed by atoms with Crippen molar-refractivity contribution in [3.8, 4) is 0 Å². The summed E-state index contributed by atoms with van der Waals surface area (Å²) < 4.78 is 0. The molecule has 1 aliphatic heterocycles. The molecule has 0 fully saturated rings. The highest BCUT2D eigenvalue weighted by Crippen LogP contribution is 2.32. The first-order valence-electron chi connectivity index (χ1n) is 3.87. The Hall–Kier alpha value is -1.62. The second-order valence-corrected chi connectivity index (χ2v) is 3.29. The van der Waals surface area contributed by atoms with Crippen LogP contribution in [0.15, 0.2) is 17.1 Å². The van der Waals surface area contributed by atoms with E-state index in [1.54, 1.807) is 0 Å². The number of nitrogens with zero attached hydrogens (tertiary/aromatic N) is 2. The Morgan fingerprint density at radius 2 is 2.29 bits per heavy atom. The minimum absolute atomic E-state index is 0.0219. The van der Waals surface area contributed by atoms with Crippen LogP contribution >= 0.6 is 11.6 Å². The molecule has 0 atom stereocenters. The smallest absolute Gasteiger partial charge is 0.275 e. The Morgan fingerprint density at radius 1 is 1.57 bits per heavy atom. The van der Waals surface area contributed by atoms with Crippen LogP contribution in [0, 0.1) is 10.1 Å². The van der Waals surface area contributed by atoms with Crippen LogP contribution in [0.25, 0.3) is 0 Å². The van der Waals surface area contributed by atoms with Gasteiger partial charge in [0.15, 0.2) is 0 Å². The van der Waals surface area contributed by atoms with E-state index in [1.807, 2.05) is 0 Å². The third-order valence-electron chi connectivity index (χ3n) is 2.10. The highest BCUT2D eigenvalue weighted by Gasteiger charge is 2.25. The van der Waals surface area contributed by atoms with Crippen LogP contribution in [0.3, 0.4) is 0 Å². The van der Waals surface area contributed by atoms with Crippen molar-refractivity contribution >= 4 is 23.1 Å². The molecule has 2 rings (SSSR count). The summed E-state index contributed by atoms with van der Waals surface area (Å²) in [6, 6.07) is 2.83. The molecule has 0 aliphatic carbocycles. The predicted octanol–water partition coefficient (Wildman–Crippen LogP) is 1.47. The molecule has 72 valence electrons. The first kappa shape index (κ1) is 8.96. The summed E-state index contributed by atoms with van der Waals surface area (Å²) in [5.41, 5.74) is 6.58. The lowest BCUT2D eigenvalue weighted by atomic mass is 10.1. The van der Waals surface area contributed by atoms with E-state index < -0.39 is 4.92 Å². The van der Waals surface area contributed by atoms with Gasteiger partial charge in [-0.15, -0.1) is 0 Å². The average molecular weight is 212 g/mol. The van der Waals surface area contributed by atoms with Crippen LogP contribution in [-0.2, 0) is 6.54 Å². The summed E-state index contributed by atoms with van der Waals surface area (Å²) in [6.07, 6.45) is 0. The molecular formula is C8H6ClN3O2. The van der Waals surface area contributed by atoms with Crippen molar-refractivity contribution in [1.29, 1.82) is 0 Å². The van der Waals surface area contributed by atoms with Gasteiger partial charge in [-0.2, -0.15) is 0 Å². The zero-order chi connectivity index (χ0) is 10.3. The largest absolute Gasteiger partial charge is 0.383 e. The van der Waals surface area contributed by atoms with Gasteiger partial charge in [0.25, 0.3) is 5.69 Å². The highest BCUT2D eigenvalue weighted by molar-refractivity contribution is 6.34. The van der Waals surface area contributed by atoms with Crippen molar-refractivity contribution in [2.24, 2.45) is 10.7 Å². The number of halogens is 1. The van der Waals surface area contributed by atoms with Gasteiger partial charge in [0.05, 0.1) is 22.1 Å². The van der Waals surface area contributed by atoms with Crippen LogP contribution in [-0.4, -0.2) is 10.8 Å². The van der Waals surface area contributed by atoms with E-state index in [0.29, 0.717) is 16.1 Å². The number of benzene rings is 1. The minimum Gasteiger partial charge on any atom is -0.383 e. The molecule has 0 spiro atoms. The molecule has 1 aliphatic rings. The minimum atomic E-state index is -0.455. The predicted molar refractivity (Wildman–Crippen MR) is 52.5 cm³/mol. The maximum atomic E-state index is 10.6. The monoisotopic (exact) mass is 211 g/mol. The molecule has 0 amide bonds. The number of nitrogens with two attached hydrogens (primary N) is 1. The Labute approximate surface area is 84.3 Å². The van der Waals surface area contributed by atoms with Gasteiger partial charge in [-0.25, -0.2) is 0 Å². The Kier molecular flexibility index (Phi) is 1.89. The summed E-state index contributed by atoms with van der Waals surface area (Å²) in [7, 11) is 0. The molecule has 1 heterocycles. The number of fused-ring (bicyclic) bond motifs is 1. The van der Waals surface area contributed by atoms with Gasteiger partial charge >= 0.3 is 0 Å². The quantitative estimate of drug-likeness (QED) is 0.564. The molecule has 6 heteroatoms. The molecule has 5 nitrogen and oxygen atoms in total. The third-order valence-corrected chi connectivity index (χ3v) is 2.41. The molecule has 1 aromatic carbocycles. The summed E-state index contributed by atoms with van der Waals surface area (Å²) in [6.45, 7) is 0.234. The molecule has 0 radical (unpaired) electrons. The first-order chi connectivity index (χ1) is 6.61. The number of hydrogen-bond donors (Lipinski definition) is 1. The number of nitro groups is 1. The molecule has 0 bridgehead atoms. The zero-order valence-corrected chi connectivity index (χ0v) is 7.78. The third kappa shape index (κ3) is 1.13. The highest BCUT2D eigenvalue weighted by atomic mass is 35.5. The van der Waals surface area contributed by atoms with E-state index in [1.165, 1.54) is 12.1 Å². The van der Waals surface area contributed by atoms with Crippen molar-refractivity contribution in [1.82, 2.24) is 0 Å². The van der Waals surface area contributed by atoms with E-state index in [2.05, 4.69) is 4.99 Å². The van der Waals surface area contributed by atoms with E-state index in [0.717, 1.165) is 0 Å². The SMILES string of the molecule is NC1=NCc2c([N+](=O)[O-])ccc(Cl)c21. The second kappa shape index (κ2) is 2.95. The number of rotatable bonds is 1. The lowest BCUT2D eigenvalue weighted by molar-refractivity contribution is -0.385. The van der Waals surface area contributed by atoms with Gasteiger partial charge < -0.3 is 5.73 Å². The fraction of sp³-hybridized carbons (Fsp3) is 0.125. The van der Waals surface area contributed by atoms with Gasteiger partial charge in [0.1, 0.15) is 5.84 Å². The second-order valence-electron chi connectivity index (χ2n) is 2.88. The van der Waals surface area contributed by atoms with E-state index >= 15 is 0 Å². The Balaban J connectivity index is 2.69. The maximum Gasteiger partial charge on any atom is 0.275 e. The van der Waals surface area contributed by atoms with Gasteiger partial charge in [-0.05, 0) is 6.07 Å². The van der Waals surface area contributed by atoms with Crippen molar-refractivity contribution in [2.45, 2.75) is 6.54 Å². The molecule has 1 aromatic rings. The number of aliphatic imine (C=N–C) groups is 1. The molecule has 0 unspecified atom stereocenters. The van der Waals surface area contributed by atoms with E-state index in [9.17, 15) is 10.1 Å². The van der Waals surface area contributed by atoms with Crippen molar-refractivity contribution in [2.75, 3.05) is 0 Å². The fourth-order valence-corrected chi connectivity index (χ4v) is 1.73. The lowest BCUT2D eigenvalue weighted by Crippen LogP contribution is -2.11. The summed E-state index contributed by atoms with van der Waals surface area (Å²) in [5, 5.41) is 11.1. The molecule has 2 N–H and O–H groups in total. The lowest BCUT2D eigenvalue weighted by Gasteiger charge is -2.02. The number of amidine groups is 1. The van der Waals surface area contributed by atoms with Crippen molar-refractivity contribution in [3.05, 3.63) is 38.4 Å². The zero-order valence-electron chi connectivity index (χ0n) is 7.03. The van der Waals surface area contributed by atoms with Crippen molar-refractivity contribution < 1.29 is 4.92 Å². The number of hydrogen-bond acceptors (Lipinski definition) is 4. The maximum absolute atomic E-state index is 10.6. The van der Waals surface area contributed by atoms with E-state index in [-0.39, 0.29) is 18.1 Å². The average Bonchev–Trinajstić information content (AvgIpc) is 2.49. The van der Waals surface area contributed by atoms with Crippen molar-refractivity contribution in [3.63, 3.8) is 0 Å². The molecule has 0 saturated heterocycles. The van der Waals surface area contributed by atoms with Gasteiger partial charge in [-0.1, -0.05) is 11.6 Å². The van der Waals surface area contributed by atoms with Crippen LogP contribution in [0.5, 0.6) is 0 Å². The van der Waals surface area contributed by atoms with Crippen LogP contribution in [0.4, 0.5) is 5.69 Å². The Bertz CT molecular complexity index is 456. The van der Waals surface area contributed by atoms with Crippen LogP contribution < -0.4 is 5.73 Å². The van der Waals surface area contributed by atoms with Gasteiger partial charge in [0, 0.05) is 11.6 Å². The Morgan fingerprint density at radius 3 is 2.93 bits per heavy atom. The fourth-order valence-electron chi connectivity index (χ4n) is 1.46. The summed E-state index contributed by atoms with van der Waals surface area (Å²) >= 11 is 5.86. The summed E-state index contributed by atoms with van der Waals surface area (Å²) in [4.78, 5) is 14.1. The first-order valence-corrected chi connectivity index (χ1v) is 4.25. The molecule has 14 heavy (non-hydrogen) atoms.